The monoisotopic (exact) mass is 385 g/mol. The first kappa shape index (κ1) is 20.3. The Bertz CT molecular complexity index is 754. The van der Waals surface area contributed by atoms with Gasteiger partial charge < -0.3 is 10.6 Å². The van der Waals surface area contributed by atoms with Crippen LogP contribution in [0.2, 0.25) is 0 Å². The summed E-state index contributed by atoms with van der Waals surface area (Å²) in [6.45, 7) is 1.14. The van der Waals surface area contributed by atoms with Gasteiger partial charge in [-0.3, -0.25) is 9.59 Å². The van der Waals surface area contributed by atoms with Gasteiger partial charge in [-0.2, -0.15) is 0 Å². The van der Waals surface area contributed by atoms with E-state index >= 15 is 0 Å². The molecule has 0 radical (unpaired) electrons. The maximum atomic E-state index is 13.1. The predicted octanol–water partition coefficient (Wildman–Crippen LogP) is 0.272. The van der Waals surface area contributed by atoms with Crippen molar-refractivity contribution in [2.75, 3.05) is 32.4 Å². The van der Waals surface area contributed by atoms with Crippen LogP contribution < -0.4 is 10.6 Å². The van der Waals surface area contributed by atoms with Crippen molar-refractivity contribution in [3.05, 3.63) is 35.6 Å². The second-order valence-electron chi connectivity index (χ2n) is 6.41. The minimum atomic E-state index is -3.29. The molecule has 26 heavy (non-hydrogen) atoms. The molecule has 0 saturated carbocycles. The number of sulfonamides is 1. The molecule has 2 rings (SSSR count). The van der Waals surface area contributed by atoms with Gasteiger partial charge >= 0.3 is 0 Å². The summed E-state index contributed by atoms with van der Waals surface area (Å²) in [5, 5.41) is 5.38. The van der Waals surface area contributed by atoms with Crippen LogP contribution in [0.15, 0.2) is 24.3 Å². The molecule has 0 spiro atoms. The standard InChI is InChI=1S/C17H24FN3O4S/c1-26(24,25)21-9-3-5-14(12-21)17(23)20-8-7-19-16(22)11-13-4-2-6-15(18)10-13/h2,4,6,10,14H,3,5,7-9,11-12H2,1H3,(H,19,22)(H,20,23). The maximum absolute atomic E-state index is 13.1. The second kappa shape index (κ2) is 9.09. The quantitative estimate of drug-likeness (QED) is 0.659. The lowest BCUT2D eigenvalue weighted by Crippen LogP contribution is -2.46. The summed E-state index contributed by atoms with van der Waals surface area (Å²) in [4.78, 5) is 24.0. The Morgan fingerprint density at radius 1 is 1.27 bits per heavy atom. The summed E-state index contributed by atoms with van der Waals surface area (Å²) in [5.41, 5.74) is 0.578. The maximum Gasteiger partial charge on any atom is 0.224 e. The molecular formula is C17H24FN3O4S. The lowest BCUT2D eigenvalue weighted by molar-refractivity contribution is -0.126. The Labute approximate surface area is 153 Å². The number of carbonyl (C=O) groups excluding carboxylic acids is 2. The molecule has 1 atom stereocenters. The molecule has 7 nitrogen and oxygen atoms in total. The molecular weight excluding hydrogens is 361 g/mol. The van der Waals surface area contributed by atoms with E-state index < -0.39 is 15.8 Å². The molecule has 1 aromatic rings. The lowest BCUT2D eigenvalue weighted by Gasteiger charge is -2.30. The summed E-state index contributed by atoms with van der Waals surface area (Å²) in [6, 6.07) is 5.83. The predicted molar refractivity (Wildman–Crippen MR) is 95.3 cm³/mol. The number of nitrogens with one attached hydrogen (secondary N) is 2. The SMILES string of the molecule is CS(=O)(=O)N1CCCC(C(=O)NCCNC(=O)Cc2cccc(F)c2)C1. The number of hydrogen-bond donors (Lipinski definition) is 2. The summed E-state index contributed by atoms with van der Waals surface area (Å²) >= 11 is 0. The molecule has 9 heteroatoms. The fourth-order valence-corrected chi connectivity index (χ4v) is 3.80. The van der Waals surface area contributed by atoms with Gasteiger partial charge in [-0.25, -0.2) is 17.1 Å². The van der Waals surface area contributed by atoms with E-state index in [0.29, 0.717) is 24.9 Å². The van der Waals surface area contributed by atoms with E-state index in [1.807, 2.05) is 0 Å². The average molecular weight is 385 g/mol. The van der Waals surface area contributed by atoms with Crippen LogP contribution in [0.1, 0.15) is 18.4 Å². The third-order valence-electron chi connectivity index (χ3n) is 4.22. The van der Waals surface area contributed by atoms with Gasteiger partial charge in [0.25, 0.3) is 0 Å². The molecule has 1 aliphatic heterocycles. The van der Waals surface area contributed by atoms with Gasteiger partial charge in [0, 0.05) is 26.2 Å². The van der Waals surface area contributed by atoms with Crippen molar-refractivity contribution in [3.8, 4) is 0 Å². The zero-order chi connectivity index (χ0) is 19.2. The number of halogens is 1. The van der Waals surface area contributed by atoms with E-state index in [1.54, 1.807) is 12.1 Å². The Balaban J connectivity index is 1.69. The minimum Gasteiger partial charge on any atom is -0.354 e. The van der Waals surface area contributed by atoms with Crippen molar-refractivity contribution >= 4 is 21.8 Å². The summed E-state index contributed by atoms with van der Waals surface area (Å²) in [5.74, 6) is -1.23. The Kier molecular flexibility index (Phi) is 7.10. The topological polar surface area (TPSA) is 95.6 Å². The Morgan fingerprint density at radius 3 is 2.69 bits per heavy atom. The number of benzene rings is 1. The molecule has 0 bridgehead atoms. The number of piperidine rings is 1. The Hall–Kier alpha value is -2.00. The number of hydrogen-bond acceptors (Lipinski definition) is 4. The largest absolute Gasteiger partial charge is 0.354 e. The minimum absolute atomic E-state index is 0.0671. The molecule has 1 saturated heterocycles. The second-order valence-corrected chi connectivity index (χ2v) is 8.39. The van der Waals surface area contributed by atoms with Crippen LogP contribution >= 0.6 is 0 Å². The number of nitrogens with zero attached hydrogens (tertiary/aromatic N) is 1. The van der Waals surface area contributed by atoms with Gasteiger partial charge in [-0.05, 0) is 30.5 Å². The van der Waals surface area contributed by atoms with Crippen LogP contribution in [0.5, 0.6) is 0 Å². The first-order valence-corrected chi connectivity index (χ1v) is 10.3. The van der Waals surface area contributed by atoms with E-state index in [4.69, 9.17) is 0 Å². The molecule has 2 amide bonds. The van der Waals surface area contributed by atoms with E-state index in [9.17, 15) is 22.4 Å². The third kappa shape index (κ3) is 6.38. The van der Waals surface area contributed by atoms with Gasteiger partial charge in [-0.1, -0.05) is 12.1 Å². The van der Waals surface area contributed by atoms with E-state index in [1.165, 1.54) is 16.4 Å². The highest BCUT2D eigenvalue weighted by Crippen LogP contribution is 2.18. The molecule has 1 heterocycles. The number of carbonyl (C=O) groups is 2. The highest BCUT2D eigenvalue weighted by Gasteiger charge is 2.29. The van der Waals surface area contributed by atoms with Crippen molar-refractivity contribution in [1.82, 2.24) is 14.9 Å². The fourth-order valence-electron chi connectivity index (χ4n) is 2.88. The molecule has 144 valence electrons. The first-order valence-electron chi connectivity index (χ1n) is 8.49. The van der Waals surface area contributed by atoms with Crippen LogP contribution in [0.3, 0.4) is 0 Å². The van der Waals surface area contributed by atoms with Gasteiger partial charge in [0.15, 0.2) is 0 Å². The number of rotatable bonds is 7. The van der Waals surface area contributed by atoms with Crippen molar-refractivity contribution in [3.63, 3.8) is 0 Å². The molecule has 1 aliphatic rings. The van der Waals surface area contributed by atoms with Crippen LogP contribution in [-0.4, -0.2) is 57.0 Å². The smallest absolute Gasteiger partial charge is 0.224 e. The molecule has 1 fully saturated rings. The molecule has 1 unspecified atom stereocenters. The van der Waals surface area contributed by atoms with Crippen molar-refractivity contribution in [2.45, 2.75) is 19.3 Å². The lowest BCUT2D eigenvalue weighted by atomic mass is 9.99. The zero-order valence-corrected chi connectivity index (χ0v) is 15.5. The first-order chi connectivity index (χ1) is 12.3. The van der Waals surface area contributed by atoms with Gasteiger partial charge in [0.05, 0.1) is 18.6 Å². The van der Waals surface area contributed by atoms with Gasteiger partial charge in [-0.15, -0.1) is 0 Å². The summed E-state index contributed by atoms with van der Waals surface area (Å²) < 4.78 is 37.6. The zero-order valence-electron chi connectivity index (χ0n) is 14.7. The third-order valence-corrected chi connectivity index (χ3v) is 5.49. The average Bonchev–Trinajstić information content (AvgIpc) is 2.58. The van der Waals surface area contributed by atoms with Crippen molar-refractivity contribution in [1.29, 1.82) is 0 Å². The Morgan fingerprint density at radius 2 is 2.00 bits per heavy atom. The van der Waals surface area contributed by atoms with Crippen molar-refractivity contribution in [2.24, 2.45) is 5.92 Å². The van der Waals surface area contributed by atoms with Crippen LogP contribution in [-0.2, 0) is 26.0 Å². The highest BCUT2D eigenvalue weighted by molar-refractivity contribution is 7.88. The van der Waals surface area contributed by atoms with E-state index in [0.717, 1.165) is 6.26 Å². The van der Waals surface area contributed by atoms with Gasteiger partial charge in [0.1, 0.15) is 5.82 Å². The molecule has 0 aromatic heterocycles. The summed E-state index contributed by atoms with van der Waals surface area (Å²) in [6.07, 6.45) is 2.50. The van der Waals surface area contributed by atoms with Gasteiger partial charge in [0.2, 0.25) is 21.8 Å². The summed E-state index contributed by atoms with van der Waals surface area (Å²) in [7, 11) is -3.29. The fraction of sp³-hybridized carbons (Fsp3) is 0.529. The molecule has 0 aliphatic carbocycles. The van der Waals surface area contributed by atoms with Crippen LogP contribution in [0.25, 0.3) is 0 Å². The van der Waals surface area contributed by atoms with Crippen molar-refractivity contribution < 1.29 is 22.4 Å². The van der Waals surface area contributed by atoms with E-state index in [2.05, 4.69) is 10.6 Å². The highest BCUT2D eigenvalue weighted by atomic mass is 32.2. The number of amides is 2. The normalized spacial score (nSPS) is 18.3. The molecule has 2 N–H and O–H groups in total. The van der Waals surface area contributed by atoms with Crippen LogP contribution in [0.4, 0.5) is 4.39 Å². The van der Waals surface area contributed by atoms with E-state index in [-0.39, 0.29) is 43.8 Å². The molecule has 1 aromatic carbocycles. The van der Waals surface area contributed by atoms with Crippen LogP contribution in [0, 0.1) is 11.7 Å².